The number of thiocarbonyl (C=S) groups is 1. The normalized spacial score (nSPS) is 10.2. The average molecular weight is 414 g/mol. The Kier molecular flexibility index (Phi) is 6.41. The summed E-state index contributed by atoms with van der Waals surface area (Å²) in [4.78, 5) is 24.0. The van der Waals surface area contributed by atoms with Crippen LogP contribution in [-0.2, 0) is 4.79 Å². The number of halogens is 1. The zero-order valence-corrected chi connectivity index (χ0v) is 16.1. The van der Waals surface area contributed by atoms with Crippen LogP contribution in [0.4, 0.5) is 0 Å². The fourth-order valence-electron chi connectivity index (χ4n) is 2.42. The fourth-order valence-corrected chi connectivity index (χ4v) is 2.78. The Balaban J connectivity index is 1.45. The predicted octanol–water partition coefficient (Wildman–Crippen LogP) is 3.21. The maximum absolute atomic E-state index is 12.1. The molecule has 2 amide bonds. The first-order valence-corrected chi connectivity index (χ1v) is 9.08. The monoisotopic (exact) mass is 413 g/mol. The second kappa shape index (κ2) is 9.16. The van der Waals surface area contributed by atoms with Gasteiger partial charge in [0, 0.05) is 0 Å². The number of nitrogens with one attached hydrogen (secondary N) is 3. The number of rotatable bonds is 4. The van der Waals surface area contributed by atoms with E-state index in [1.807, 2.05) is 36.4 Å². The highest BCUT2D eigenvalue weighted by atomic mass is 35.5. The third-order valence-electron chi connectivity index (χ3n) is 3.75. The summed E-state index contributed by atoms with van der Waals surface area (Å²) in [5.74, 6) is -0.365. The highest BCUT2D eigenvalue weighted by molar-refractivity contribution is 7.80. The Morgan fingerprint density at radius 2 is 1.64 bits per heavy atom. The number of benzene rings is 3. The summed E-state index contributed by atoms with van der Waals surface area (Å²) in [5, 5.41) is 4.76. The lowest BCUT2D eigenvalue weighted by Crippen LogP contribution is -2.49. The molecule has 0 radical (unpaired) electrons. The molecule has 0 fully saturated rings. The number of ether oxygens (including phenoxy) is 1. The third-order valence-corrected chi connectivity index (χ3v) is 4.29. The molecule has 0 atom stereocenters. The Bertz CT molecular complexity index is 1040. The molecule has 0 bridgehead atoms. The zero-order valence-electron chi connectivity index (χ0n) is 14.6. The van der Waals surface area contributed by atoms with E-state index >= 15 is 0 Å². The molecule has 0 spiro atoms. The van der Waals surface area contributed by atoms with E-state index < -0.39 is 11.8 Å². The van der Waals surface area contributed by atoms with Crippen molar-refractivity contribution in [3.63, 3.8) is 0 Å². The molecule has 0 aromatic heterocycles. The van der Waals surface area contributed by atoms with Gasteiger partial charge in [0.25, 0.3) is 11.8 Å². The molecule has 0 aliphatic carbocycles. The van der Waals surface area contributed by atoms with Gasteiger partial charge in [0.2, 0.25) is 0 Å². The van der Waals surface area contributed by atoms with Crippen molar-refractivity contribution in [2.45, 2.75) is 0 Å². The summed E-state index contributed by atoms with van der Waals surface area (Å²) in [6.07, 6.45) is 0. The summed E-state index contributed by atoms with van der Waals surface area (Å²) >= 11 is 10.9. The van der Waals surface area contributed by atoms with Crippen molar-refractivity contribution in [2.24, 2.45) is 0 Å². The Morgan fingerprint density at radius 3 is 2.43 bits per heavy atom. The standard InChI is InChI=1S/C20H16ClN3O3S/c21-17-8-4-3-7-16(17)19(26)22-20(28)24-23-18(25)12-27-15-10-9-13-5-1-2-6-14(13)11-15/h1-11H,12H2,(H,23,25)(H2,22,24,26,28). The van der Waals surface area contributed by atoms with Crippen LogP contribution in [0.5, 0.6) is 5.75 Å². The molecule has 0 aliphatic rings. The van der Waals surface area contributed by atoms with E-state index in [9.17, 15) is 9.59 Å². The lowest BCUT2D eigenvalue weighted by atomic mass is 10.1. The van der Waals surface area contributed by atoms with Gasteiger partial charge in [-0.1, -0.05) is 54.1 Å². The lowest BCUT2D eigenvalue weighted by molar-refractivity contribution is -0.123. The largest absolute Gasteiger partial charge is 0.484 e. The lowest BCUT2D eigenvalue weighted by Gasteiger charge is -2.12. The van der Waals surface area contributed by atoms with Crippen LogP contribution < -0.4 is 20.9 Å². The zero-order chi connectivity index (χ0) is 19.9. The second-order valence-electron chi connectivity index (χ2n) is 5.73. The van der Waals surface area contributed by atoms with Crippen LogP contribution in [0.2, 0.25) is 5.02 Å². The van der Waals surface area contributed by atoms with Crippen LogP contribution in [0.15, 0.2) is 66.7 Å². The average Bonchev–Trinajstić information content (AvgIpc) is 2.70. The Morgan fingerprint density at radius 1 is 0.929 bits per heavy atom. The first-order chi connectivity index (χ1) is 13.5. The van der Waals surface area contributed by atoms with Crippen molar-refractivity contribution in [3.8, 4) is 5.75 Å². The molecule has 0 unspecified atom stereocenters. The van der Waals surface area contributed by atoms with E-state index in [0.717, 1.165) is 10.8 Å². The van der Waals surface area contributed by atoms with E-state index in [1.54, 1.807) is 30.3 Å². The molecule has 6 nitrogen and oxygen atoms in total. The number of carbonyl (C=O) groups is 2. The molecule has 0 saturated carbocycles. The molecular weight excluding hydrogens is 398 g/mol. The first kappa shape index (κ1) is 19.6. The predicted molar refractivity (Wildman–Crippen MR) is 112 cm³/mol. The molecule has 8 heteroatoms. The van der Waals surface area contributed by atoms with Crippen molar-refractivity contribution in [3.05, 3.63) is 77.3 Å². The van der Waals surface area contributed by atoms with E-state index in [4.69, 9.17) is 28.6 Å². The van der Waals surface area contributed by atoms with Crippen molar-refractivity contribution < 1.29 is 14.3 Å². The Hall–Kier alpha value is -3.16. The number of hydrogen-bond acceptors (Lipinski definition) is 4. The SMILES string of the molecule is O=C(COc1ccc2ccccc2c1)NNC(=S)NC(=O)c1ccccc1Cl. The molecule has 3 aromatic carbocycles. The van der Waals surface area contributed by atoms with Crippen LogP contribution in [0, 0.1) is 0 Å². The second-order valence-corrected chi connectivity index (χ2v) is 6.55. The minimum Gasteiger partial charge on any atom is -0.484 e. The minimum absolute atomic E-state index is 0.0658. The van der Waals surface area contributed by atoms with Crippen LogP contribution in [-0.4, -0.2) is 23.5 Å². The molecule has 0 saturated heterocycles. The van der Waals surface area contributed by atoms with Crippen molar-refractivity contribution in [2.75, 3.05) is 6.61 Å². The van der Waals surface area contributed by atoms with Gasteiger partial charge in [-0.25, -0.2) is 0 Å². The third kappa shape index (κ3) is 5.18. The molecule has 0 aliphatic heterocycles. The van der Waals surface area contributed by atoms with Crippen LogP contribution in [0.1, 0.15) is 10.4 Å². The number of hydrogen-bond donors (Lipinski definition) is 3. The van der Waals surface area contributed by atoms with Gasteiger partial charge in [0.05, 0.1) is 10.6 Å². The topological polar surface area (TPSA) is 79.5 Å². The minimum atomic E-state index is -0.482. The van der Waals surface area contributed by atoms with Gasteiger partial charge in [-0.2, -0.15) is 0 Å². The van der Waals surface area contributed by atoms with Crippen LogP contribution in [0.25, 0.3) is 10.8 Å². The van der Waals surface area contributed by atoms with Gasteiger partial charge in [-0.05, 0) is 47.3 Å². The number of carbonyl (C=O) groups excluding carboxylic acids is 2. The van der Waals surface area contributed by atoms with E-state index in [-0.39, 0.29) is 17.3 Å². The molecule has 3 aromatic rings. The van der Waals surface area contributed by atoms with Gasteiger partial charge < -0.3 is 4.74 Å². The molecule has 142 valence electrons. The van der Waals surface area contributed by atoms with Gasteiger partial charge in [-0.15, -0.1) is 0 Å². The highest BCUT2D eigenvalue weighted by Crippen LogP contribution is 2.20. The molecule has 3 rings (SSSR count). The number of fused-ring (bicyclic) bond motifs is 1. The van der Waals surface area contributed by atoms with Gasteiger partial charge >= 0.3 is 0 Å². The van der Waals surface area contributed by atoms with Crippen LogP contribution >= 0.6 is 23.8 Å². The van der Waals surface area contributed by atoms with Crippen molar-refractivity contribution >= 4 is 51.5 Å². The van der Waals surface area contributed by atoms with Gasteiger partial charge in [0.15, 0.2) is 11.7 Å². The molecular formula is C20H16ClN3O3S. The molecule has 3 N–H and O–H groups in total. The summed E-state index contributed by atoms with van der Waals surface area (Å²) < 4.78 is 5.47. The Labute approximate surface area is 171 Å². The maximum Gasteiger partial charge on any atom is 0.276 e. The molecule has 28 heavy (non-hydrogen) atoms. The number of hydrazine groups is 1. The quantitative estimate of drug-likeness (QED) is 0.452. The van der Waals surface area contributed by atoms with E-state index in [0.29, 0.717) is 10.8 Å². The van der Waals surface area contributed by atoms with Crippen LogP contribution in [0.3, 0.4) is 0 Å². The molecule has 0 heterocycles. The van der Waals surface area contributed by atoms with Gasteiger partial charge in [0.1, 0.15) is 5.75 Å². The van der Waals surface area contributed by atoms with E-state index in [2.05, 4.69) is 16.2 Å². The fraction of sp³-hybridized carbons (Fsp3) is 0.0500. The summed E-state index contributed by atoms with van der Waals surface area (Å²) in [7, 11) is 0. The van der Waals surface area contributed by atoms with Crippen molar-refractivity contribution in [1.29, 1.82) is 0 Å². The smallest absolute Gasteiger partial charge is 0.276 e. The van der Waals surface area contributed by atoms with E-state index in [1.165, 1.54) is 0 Å². The highest BCUT2D eigenvalue weighted by Gasteiger charge is 2.11. The number of amides is 2. The first-order valence-electron chi connectivity index (χ1n) is 8.29. The maximum atomic E-state index is 12.1. The summed E-state index contributed by atoms with van der Waals surface area (Å²) in [6, 6.07) is 20.0. The summed E-state index contributed by atoms with van der Waals surface area (Å²) in [6.45, 7) is -0.216. The summed E-state index contributed by atoms with van der Waals surface area (Å²) in [5.41, 5.74) is 5.08. The van der Waals surface area contributed by atoms with Crippen molar-refractivity contribution in [1.82, 2.24) is 16.2 Å². The van der Waals surface area contributed by atoms with Gasteiger partial charge in [-0.3, -0.25) is 25.8 Å².